The second-order valence-electron chi connectivity index (χ2n) is 30.3. The number of carbonyl (C=O) groups is 10. The Labute approximate surface area is 805 Å². The summed E-state index contributed by atoms with van der Waals surface area (Å²) in [7, 11) is 0. The van der Waals surface area contributed by atoms with Crippen molar-refractivity contribution in [3.8, 4) is 125 Å². The molecule has 0 aliphatic heterocycles. The van der Waals surface area contributed by atoms with Gasteiger partial charge in [0.2, 0.25) is 0 Å². The van der Waals surface area contributed by atoms with Crippen molar-refractivity contribution in [2.75, 3.05) is 26.4 Å². The van der Waals surface area contributed by atoms with Gasteiger partial charge in [-0.25, -0.2) is 65.5 Å². The highest BCUT2D eigenvalue weighted by Gasteiger charge is 2.20. The van der Waals surface area contributed by atoms with Gasteiger partial charge in [0.15, 0.2) is 40.5 Å². The summed E-state index contributed by atoms with van der Waals surface area (Å²) in [6, 6.07) is 68.1. The van der Waals surface area contributed by atoms with Crippen LogP contribution < -0.4 is 66.3 Å². The smallest absolute Gasteiger partial charge is 0.338 e. The lowest BCUT2D eigenvalue weighted by atomic mass is 10.0. The quantitative estimate of drug-likeness (QED) is 0.0119. The summed E-state index contributed by atoms with van der Waals surface area (Å²) in [5, 5.41) is 1.73. The molecule has 24 nitrogen and oxygen atoms in total. The van der Waals surface area contributed by atoms with Crippen molar-refractivity contribution < 1.29 is 132 Å². The first-order chi connectivity index (χ1) is 66.6. The second-order valence-corrected chi connectivity index (χ2v) is 30.3. The van der Waals surface area contributed by atoms with Crippen molar-refractivity contribution in [1.29, 1.82) is 0 Å². The number of benzene rings is 12. The Morgan fingerprint density at radius 2 is 0.421 bits per heavy atom. The Morgan fingerprint density at radius 1 is 0.214 bits per heavy atom. The van der Waals surface area contributed by atoms with Crippen LogP contribution in [0.3, 0.4) is 0 Å². The molecule has 140 heavy (non-hydrogen) atoms. The molecule has 716 valence electrons. The third kappa shape index (κ3) is 34.4. The Kier molecular flexibility index (Phi) is 40.3. The Bertz CT molecular complexity index is 6470. The molecule has 0 fully saturated rings. The lowest BCUT2D eigenvalue weighted by Gasteiger charge is -2.12. The highest BCUT2D eigenvalue weighted by Crippen LogP contribution is 2.35. The third-order valence-corrected chi connectivity index (χ3v) is 18.3. The molecular formula is C112H96F4O24. The summed E-state index contributed by atoms with van der Waals surface area (Å²) in [6.07, 6.45) is 2.22. The highest BCUT2D eigenvalue weighted by molar-refractivity contribution is 5.95. The lowest BCUT2D eigenvalue weighted by Crippen LogP contribution is -2.11. The number of hydrogen-bond donors (Lipinski definition) is 0. The summed E-state index contributed by atoms with van der Waals surface area (Å²) in [6.45, 7) is 47.4. The molecule has 0 amide bonds. The molecule has 28 heteroatoms. The average Bonchev–Trinajstić information content (AvgIpc) is 0.826. The van der Waals surface area contributed by atoms with Crippen LogP contribution in [0.2, 0.25) is 0 Å². The molecule has 0 bridgehead atoms. The van der Waals surface area contributed by atoms with Gasteiger partial charge >= 0.3 is 59.7 Å². The van der Waals surface area contributed by atoms with Crippen LogP contribution >= 0.6 is 0 Å². The van der Waals surface area contributed by atoms with E-state index >= 15 is 0 Å². The van der Waals surface area contributed by atoms with Gasteiger partial charge in [0.05, 0.1) is 0 Å². The monoisotopic (exact) mass is 1900 g/mol. The van der Waals surface area contributed by atoms with E-state index in [0.29, 0.717) is 108 Å². The zero-order valence-electron chi connectivity index (χ0n) is 77.6. The number of carbonyl (C=O) groups excluding carboxylic acids is 10. The van der Waals surface area contributed by atoms with Crippen molar-refractivity contribution >= 4 is 70.5 Å². The minimum atomic E-state index is -0.869. The van der Waals surface area contributed by atoms with Crippen LogP contribution in [0.4, 0.5) is 17.6 Å². The number of esters is 10. The minimum Gasteiger partial charge on any atom is -0.490 e. The number of halogens is 4. The Balaban J connectivity index is 0.000000218. The van der Waals surface area contributed by atoms with Gasteiger partial charge in [0.1, 0.15) is 89.7 Å². The van der Waals surface area contributed by atoms with Crippen molar-refractivity contribution in [2.24, 2.45) is 0 Å². The summed E-state index contributed by atoms with van der Waals surface area (Å²) in [5.74, 6) is -4.42. The number of rotatable bonds is 34. The fourth-order valence-electron chi connectivity index (χ4n) is 11.0. The maximum absolute atomic E-state index is 14.6. The summed E-state index contributed by atoms with van der Waals surface area (Å²) in [5.41, 5.74) is 7.74. The second kappa shape index (κ2) is 52.5. The maximum atomic E-state index is 14.6. The molecular weight excluding hydrogens is 1810 g/mol. The molecule has 0 heterocycles. The number of hydrogen-bond acceptors (Lipinski definition) is 24. The molecule has 0 radical (unpaired) electrons. The van der Waals surface area contributed by atoms with E-state index in [1.165, 1.54) is 50.2 Å². The summed E-state index contributed by atoms with van der Waals surface area (Å²) in [4.78, 5) is 114. The fraction of sp³-hybridized carbons (Fsp3) is 0.107. The fourth-order valence-corrected chi connectivity index (χ4v) is 11.0. The molecule has 0 aliphatic carbocycles. The van der Waals surface area contributed by atoms with Crippen LogP contribution in [0.1, 0.15) is 55.4 Å². The molecule has 0 aromatic heterocycles. The molecule has 12 aromatic rings. The Morgan fingerprint density at radius 3 is 0.693 bits per heavy atom. The van der Waals surface area contributed by atoms with Crippen LogP contribution in [-0.4, -0.2) is 86.1 Å². The van der Waals surface area contributed by atoms with E-state index in [-0.39, 0.29) is 60.4 Å². The van der Waals surface area contributed by atoms with Gasteiger partial charge in [0.25, 0.3) is 0 Å². The van der Waals surface area contributed by atoms with E-state index in [0.717, 1.165) is 63.4 Å². The first kappa shape index (κ1) is 107. The predicted octanol–water partition coefficient (Wildman–Crippen LogP) is 23.8. The first-order valence-corrected chi connectivity index (χ1v) is 42.2. The normalized spacial score (nSPS) is 10.1. The van der Waals surface area contributed by atoms with Crippen LogP contribution in [-0.2, 0) is 47.9 Å². The largest absolute Gasteiger partial charge is 0.490 e. The maximum Gasteiger partial charge on any atom is 0.338 e. The zero-order chi connectivity index (χ0) is 102. The third-order valence-electron chi connectivity index (χ3n) is 18.3. The summed E-state index contributed by atoms with van der Waals surface area (Å²) < 4.78 is 131. The van der Waals surface area contributed by atoms with Gasteiger partial charge in [-0.1, -0.05) is 151 Å². The number of ether oxygens (including phenoxy) is 14. The average molecular weight is 1900 g/mol. The minimum absolute atomic E-state index is 0.0110. The van der Waals surface area contributed by atoms with Crippen molar-refractivity contribution in [3.63, 3.8) is 0 Å². The first-order valence-electron chi connectivity index (χ1n) is 42.2. The standard InChI is InChI=1S/2C28H24F2O6.C20H18O4.C18H16O4.C18H14O4/c1-17(2)27(31)35-22-9-7-21(8-10-22)33-13-14-34-25-11-5-19(15-23(25)29)20-6-12-26(24(30)16-20)36-28(32)18(3)4;1-17(2)27(31)35-22-7-5-19(6-8-22)20-15-24(29)26(25(30)16-20)34-14-13-33-21-9-11-23(12-10-21)36-28(32)18(3)4;1-13(2)19(21)23-17-9-5-15(6-10-17)16-7-11-18(12-8-16)24-20(22)14(3)4;1-11(2)17(19)21-15-7-5-14-10-16(8-6-13(14)9-15)22-18(20)12(3)4;1-3-17(19)21-15-9-5-13(6-10-15)14-7-11-16(12-8-14)22-18(20)4-2/h2*5-12,15-16H,1,3,13-14H2,2,4H3;5-12H,1,3H2,2,4H3;5-10H,1,3H2,2,4H3;3-12H,1-2H2. The van der Waals surface area contributed by atoms with Crippen molar-refractivity contribution in [1.82, 2.24) is 0 Å². The predicted molar refractivity (Wildman–Crippen MR) is 521 cm³/mol. The molecule has 0 N–H and O–H groups in total. The topological polar surface area (TPSA) is 300 Å². The van der Waals surface area contributed by atoms with Gasteiger partial charge < -0.3 is 66.3 Å². The van der Waals surface area contributed by atoms with Gasteiger partial charge in [-0.15, -0.1) is 0 Å². The summed E-state index contributed by atoms with van der Waals surface area (Å²) >= 11 is 0. The van der Waals surface area contributed by atoms with Gasteiger partial charge in [-0.3, -0.25) is 0 Å². The van der Waals surface area contributed by atoms with E-state index in [2.05, 4.69) is 65.8 Å². The molecule has 0 saturated heterocycles. The molecule has 0 atom stereocenters. The van der Waals surface area contributed by atoms with Crippen molar-refractivity contribution in [3.05, 3.63) is 401 Å². The molecule has 12 rings (SSSR count). The molecule has 0 spiro atoms. The Hall–Kier alpha value is -18.1. The van der Waals surface area contributed by atoms with Crippen LogP contribution in [0.25, 0.3) is 55.3 Å². The molecule has 0 saturated carbocycles. The lowest BCUT2D eigenvalue weighted by molar-refractivity contribution is -0.131. The number of fused-ring (bicyclic) bond motifs is 1. The van der Waals surface area contributed by atoms with Crippen LogP contribution in [0.5, 0.6) is 80.5 Å². The zero-order valence-corrected chi connectivity index (χ0v) is 77.6. The van der Waals surface area contributed by atoms with E-state index < -0.39 is 88.7 Å². The van der Waals surface area contributed by atoms with Gasteiger partial charge in [0, 0.05) is 56.7 Å². The van der Waals surface area contributed by atoms with Gasteiger partial charge in [-0.05, 0) is 281 Å². The molecule has 0 unspecified atom stereocenters. The van der Waals surface area contributed by atoms with E-state index in [9.17, 15) is 65.5 Å². The highest BCUT2D eigenvalue weighted by atomic mass is 19.1. The van der Waals surface area contributed by atoms with Crippen LogP contribution in [0, 0.1) is 23.3 Å². The van der Waals surface area contributed by atoms with E-state index in [4.69, 9.17) is 66.3 Å². The van der Waals surface area contributed by atoms with E-state index in [1.807, 2.05) is 48.5 Å². The SMILES string of the molecule is C=C(C)C(=O)Oc1ccc(-c2ccc(OC(=O)C(=C)C)cc2)cc1.C=C(C)C(=O)Oc1ccc(OCCOc2c(F)cc(-c3ccc(OC(=O)C(=C)C)cc3)cc2F)cc1.C=C(C)C(=O)Oc1ccc(OCCOc2ccc(-c3ccc(OC(=O)C(=C)C)c(F)c3)cc2F)cc1.C=C(C)C(=O)Oc1ccc2cc(OC(=O)C(=C)C)ccc2c1.C=CC(=O)Oc1ccc(-c2ccc(OC(=O)C=C)cc2)cc1. The van der Waals surface area contributed by atoms with Crippen LogP contribution in [0.15, 0.2) is 377 Å². The van der Waals surface area contributed by atoms with E-state index in [1.54, 1.807) is 193 Å². The van der Waals surface area contributed by atoms with Gasteiger partial charge in [-0.2, -0.15) is 0 Å². The van der Waals surface area contributed by atoms with Crippen molar-refractivity contribution in [2.45, 2.75) is 55.4 Å². The molecule has 12 aromatic carbocycles. The molecule has 0 aliphatic rings.